The van der Waals surface area contributed by atoms with Crippen LogP contribution in [0.1, 0.15) is 24.2 Å². The van der Waals surface area contributed by atoms with Crippen LogP contribution in [0.4, 0.5) is 0 Å². The second-order valence-corrected chi connectivity index (χ2v) is 6.94. The minimum absolute atomic E-state index is 0.600. The van der Waals surface area contributed by atoms with E-state index in [1.54, 1.807) is 29.9 Å². The Balaban J connectivity index is 1.45. The van der Waals surface area contributed by atoms with Crippen LogP contribution in [-0.2, 0) is 13.0 Å². The second kappa shape index (κ2) is 7.19. The van der Waals surface area contributed by atoms with Crippen molar-refractivity contribution in [2.24, 2.45) is 5.92 Å². The molecule has 1 saturated heterocycles. The molecule has 7 heteroatoms. The number of likely N-dealkylation sites (tertiary alicyclic amines) is 1. The van der Waals surface area contributed by atoms with Crippen LogP contribution in [0, 0.1) is 5.92 Å². The Morgan fingerprint density at radius 3 is 2.96 bits per heavy atom. The van der Waals surface area contributed by atoms with Crippen molar-refractivity contribution in [1.29, 1.82) is 0 Å². The van der Waals surface area contributed by atoms with E-state index in [0.29, 0.717) is 5.92 Å². The Hall–Kier alpha value is -2.12. The lowest BCUT2D eigenvalue weighted by Crippen LogP contribution is -2.36. The molecule has 0 radical (unpaired) electrons. The first-order chi connectivity index (χ1) is 11.9. The summed E-state index contributed by atoms with van der Waals surface area (Å²) < 4.78 is 0. The summed E-state index contributed by atoms with van der Waals surface area (Å²) in [6.45, 7) is 3.19. The van der Waals surface area contributed by atoms with E-state index in [1.807, 2.05) is 11.7 Å². The molecule has 124 valence electrons. The SMILES string of the molecule is c1c[nH]c(-c2nccnc2C[C@H]2CCCN(Cc3cscn3)C2)n1. The van der Waals surface area contributed by atoms with Crippen LogP contribution in [0.25, 0.3) is 11.5 Å². The van der Waals surface area contributed by atoms with Gasteiger partial charge in [-0.05, 0) is 31.7 Å². The Kier molecular flexibility index (Phi) is 4.62. The van der Waals surface area contributed by atoms with E-state index >= 15 is 0 Å². The number of nitrogens with one attached hydrogen (secondary N) is 1. The molecule has 1 fully saturated rings. The zero-order chi connectivity index (χ0) is 16.2. The summed E-state index contributed by atoms with van der Waals surface area (Å²) in [6, 6.07) is 0. The number of thiazole rings is 1. The van der Waals surface area contributed by atoms with Crippen molar-refractivity contribution in [3.05, 3.63) is 47.1 Å². The maximum Gasteiger partial charge on any atom is 0.157 e. The molecule has 0 aliphatic carbocycles. The predicted molar refractivity (Wildman–Crippen MR) is 93.4 cm³/mol. The van der Waals surface area contributed by atoms with Crippen LogP contribution >= 0.6 is 11.3 Å². The Morgan fingerprint density at radius 2 is 2.12 bits per heavy atom. The van der Waals surface area contributed by atoms with Crippen molar-refractivity contribution in [3.8, 4) is 11.5 Å². The first-order valence-corrected chi connectivity index (χ1v) is 9.22. The van der Waals surface area contributed by atoms with Gasteiger partial charge < -0.3 is 4.98 Å². The number of hydrogen-bond acceptors (Lipinski definition) is 6. The molecular weight excluding hydrogens is 320 g/mol. The largest absolute Gasteiger partial charge is 0.343 e. The molecule has 3 aromatic heterocycles. The fourth-order valence-corrected chi connectivity index (χ4v) is 3.94. The van der Waals surface area contributed by atoms with Gasteiger partial charge in [0.05, 0.1) is 16.9 Å². The van der Waals surface area contributed by atoms with Crippen molar-refractivity contribution in [1.82, 2.24) is 29.8 Å². The average Bonchev–Trinajstić information content (AvgIpc) is 3.29. The summed E-state index contributed by atoms with van der Waals surface area (Å²) >= 11 is 1.67. The number of piperidine rings is 1. The van der Waals surface area contributed by atoms with Crippen LogP contribution in [-0.4, -0.2) is 42.9 Å². The summed E-state index contributed by atoms with van der Waals surface area (Å²) in [7, 11) is 0. The lowest BCUT2D eigenvalue weighted by molar-refractivity contribution is 0.165. The molecular formula is C17H20N6S. The lowest BCUT2D eigenvalue weighted by atomic mass is 9.92. The molecule has 3 aromatic rings. The van der Waals surface area contributed by atoms with Crippen LogP contribution in [0.15, 0.2) is 35.7 Å². The Morgan fingerprint density at radius 1 is 1.17 bits per heavy atom. The van der Waals surface area contributed by atoms with E-state index in [4.69, 9.17) is 0 Å². The van der Waals surface area contributed by atoms with Crippen LogP contribution in [0.3, 0.4) is 0 Å². The van der Waals surface area contributed by atoms with Gasteiger partial charge in [-0.1, -0.05) is 0 Å². The monoisotopic (exact) mass is 340 g/mol. The van der Waals surface area contributed by atoms with Crippen LogP contribution in [0.2, 0.25) is 0 Å². The van der Waals surface area contributed by atoms with Crippen molar-refractivity contribution >= 4 is 11.3 Å². The van der Waals surface area contributed by atoms with Gasteiger partial charge in [0, 0.05) is 43.3 Å². The molecule has 1 aliphatic rings. The van der Waals surface area contributed by atoms with Gasteiger partial charge in [-0.3, -0.25) is 9.88 Å². The average molecular weight is 340 g/mol. The summed E-state index contributed by atoms with van der Waals surface area (Å²) in [5.41, 5.74) is 5.00. The van der Waals surface area contributed by atoms with Gasteiger partial charge in [-0.25, -0.2) is 15.0 Å². The Bertz CT molecular complexity index is 755. The molecule has 1 atom stereocenters. The van der Waals surface area contributed by atoms with Crippen molar-refractivity contribution in [3.63, 3.8) is 0 Å². The highest BCUT2D eigenvalue weighted by atomic mass is 32.1. The van der Waals surface area contributed by atoms with E-state index in [1.165, 1.54) is 18.5 Å². The molecule has 0 spiro atoms. The second-order valence-electron chi connectivity index (χ2n) is 6.22. The third-order valence-electron chi connectivity index (χ3n) is 4.45. The van der Waals surface area contributed by atoms with E-state index in [9.17, 15) is 0 Å². The molecule has 0 aromatic carbocycles. The van der Waals surface area contributed by atoms with Gasteiger partial charge >= 0.3 is 0 Å². The van der Waals surface area contributed by atoms with E-state index < -0.39 is 0 Å². The van der Waals surface area contributed by atoms with Gasteiger partial charge in [-0.2, -0.15) is 0 Å². The highest BCUT2D eigenvalue weighted by Gasteiger charge is 2.23. The lowest BCUT2D eigenvalue weighted by Gasteiger charge is -2.32. The number of nitrogens with zero attached hydrogens (tertiary/aromatic N) is 5. The van der Waals surface area contributed by atoms with Crippen molar-refractivity contribution < 1.29 is 0 Å². The number of H-pyrrole nitrogens is 1. The zero-order valence-electron chi connectivity index (χ0n) is 13.4. The topological polar surface area (TPSA) is 70.6 Å². The van der Waals surface area contributed by atoms with Gasteiger partial charge in [0.1, 0.15) is 5.69 Å². The number of aromatic amines is 1. The minimum Gasteiger partial charge on any atom is -0.343 e. The number of imidazole rings is 1. The summed E-state index contributed by atoms with van der Waals surface area (Å²) in [5, 5.41) is 2.14. The minimum atomic E-state index is 0.600. The first-order valence-electron chi connectivity index (χ1n) is 8.27. The zero-order valence-corrected chi connectivity index (χ0v) is 14.2. The predicted octanol–water partition coefficient (Wildman–Crippen LogP) is 2.78. The molecule has 6 nitrogen and oxygen atoms in total. The van der Waals surface area contributed by atoms with E-state index in [2.05, 4.69) is 35.2 Å². The van der Waals surface area contributed by atoms with Gasteiger partial charge in [0.15, 0.2) is 5.82 Å². The number of rotatable bonds is 5. The highest BCUT2D eigenvalue weighted by molar-refractivity contribution is 7.07. The molecule has 4 rings (SSSR count). The summed E-state index contributed by atoms with van der Waals surface area (Å²) in [4.78, 5) is 23.4. The normalized spacial score (nSPS) is 18.8. The number of hydrogen-bond donors (Lipinski definition) is 1. The summed E-state index contributed by atoms with van der Waals surface area (Å²) in [6.07, 6.45) is 10.5. The van der Waals surface area contributed by atoms with Crippen LogP contribution in [0.5, 0.6) is 0 Å². The molecule has 0 unspecified atom stereocenters. The summed E-state index contributed by atoms with van der Waals surface area (Å²) in [5.74, 6) is 1.40. The molecule has 0 saturated carbocycles. The third-order valence-corrected chi connectivity index (χ3v) is 5.09. The van der Waals surface area contributed by atoms with Gasteiger partial charge in [0.25, 0.3) is 0 Å². The fourth-order valence-electron chi connectivity index (χ4n) is 3.39. The quantitative estimate of drug-likeness (QED) is 0.773. The molecule has 1 aliphatic heterocycles. The Labute approximate surface area is 145 Å². The van der Waals surface area contributed by atoms with Crippen molar-refractivity contribution in [2.45, 2.75) is 25.8 Å². The van der Waals surface area contributed by atoms with Gasteiger partial charge in [0.2, 0.25) is 0 Å². The standard InChI is InChI=1S/C17H20N6S/c1-2-13(9-23(7-1)10-14-11-24-12-22-14)8-15-16(19-4-3-18-15)17-20-5-6-21-17/h3-6,11-13H,1-2,7-10H2,(H,20,21)/t13-/m1/s1. The van der Waals surface area contributed by atoms with E-state index in [0.717, 1.165) is 43.3 Å². The molecule has 0 bridgehead atoms. The molecule has 1 N–H and O–H groups in total. The fraction of sp³-hybridized carbons (Fsp3) is 0.412. The maximum atomic E-state index is 4.58. The third kappa shape index (κ3) is 3.52. The molecule has 24 heavy (non-hydrogen) atoms. The first kappa shape index (κ1) is 15.4. The smallest absolute Gasteiger partial charge is 0.157 e. The van der Waals surface area contributed by atoms with E-state index in [-0.39, 0.29) is 0 Å². The number of aromatic nitrogens is 5. The van der Waals surface area contributed by atoms with Gasteiger partial charge in [-0.15, -0.1) is 11.3 Å². The van der Waals surface area contributed by atoms with Crippen LogP contribution < -0.4 is 0 Å². The maximum absolute atomic E-state index is 4.58. The van der Waals surface area contributed by atoms with Crippen molar-refractivity contribution in [2.75, 3.05) is 13.1 Å². The highest BCUT2D eigenvalue weighted by Crippen LogP contribution is 2.24. The molecule has 4 heterocycles. The molecule has 0 amide bonds.